The number of methoxy groups -OCH3 is 1. The zero-order valence-electron chi connectivity index (χ0n) is 15.6. The molecule has 0 saturated carbocycles. The number of benzene rings is 1. The van der Waals surface area contributed by atoms with Gasteiger partial charge in [-0.15, -0.1) is 0 Å². The van der Waals surface area contributed by atoms with Crippen LogP contribution in [0.15, 0.2) is 24.3 Å². The van der Waals surface area contributed by atoms with Gasteiger partial charge in [-0.2, -0.15) is 0 Å². The molecule has 0 aliphatic carbocycles. The van der Waals surface area contributed by atoms with Gasteiger partial charge in [0, 0.05) is 18.5 Å². The summed E-state index contributed by atoms with van der Waals surface area (Å²) in [5.74, 6) is -0.142. The molecule has 0 saturated heterocycles. The zero-order valence-corrected chi connectivity index (χ0v) is 16.4. The van der Waals surface area contributed by atoms with Gasteiger partial charge in [0.25, 0.3) is 5.91 Å². The molecule has 0 aromatic heterocycles. The molecule has 2 amide bonds. The molecule has 1 aromatic carbocycles. The molecule has 0 spiro atoms. The van der Waals surface area contributed by atoms with Crippen LogP contribution in [0.3, 0.4) is 0 Å². The van der Waals surface area contributed by atoms with Crippen LogP contribution >= 0.6 is 0 Å². The van der Waals surface area contributed by atoms with Gasteiger partial charge in [0.05, 0.1) is 11.9 Å². The standard InChI is InChI=1S/C17H27N3O5S/c1-17(2,3)26(23,24)18-12-6-5-7-15(21)19-20-16(22)13-8-10-14(25-4)11-9-13/h8-11,18H,5-7,12H2,1-4H3,(H,19,21)(H,20,22). The average molecular weight is 385 g/mol. The van der Waals surface area contributed by atoms with E-state index in [1.807, 2.05) is 0 Å². The van der Waals surface area contributed by atoms with Crippen molar-refractivity contribution in [3.05, 3.63) is 29.8 Å². The molecular weight excluding hydrogens is 358 g/mol. The quantitative estimate of drug-likeness (QED) is 0.462. The van der Waals surface area contributed by atoms with Crippen molar-refractivity contribution in [3.63, 3.8) is 0 Å². The summed E-state index contributed by atoms with van der Waals surface area (Å²) in [7, 11) is -1.84. The van der Waals surface area contributed by atoms with Crippen molar-refractivity contribution >= 4 is 21.8 Å². The molecule has 1 rings (SSSR count). The summed E-state index contributed by atoms with van der Waals surface area (Å²) in [6.07, 6.45) is 1.20. The maximum atomic E-state index is 11.9. The molecule has 0 heterocycles. The maximum Gasteiger partial charge on any atom is 0.269 e. The van der Waals surface area contributed by atoms with Crippen LogP contribution in [0.1, 0.15) is 50.4 Å². The van der Waals surface area contributed by atoms with Crippen LogP contribution in [0.2, 0.25) is 0 Å². The van der Waals surface area contributed by atoms with Crippen molar-refractivity contribution in [1.29, 1.82) is 0 Å². The van der Waals surface area contributed by atoms with Gasteiger partial charge in [-0.05, 0) is 57.9 Å². The highest BCUT2D eigenvalue weighted by atomic mass is 32.2. The van der Waals surface area contributed by atoms with E-state index in [-0.39, 0.29) is 18.9 Å². The fourth-order valence-corrected chi connectivity index (χ4v) is 2.68. The predicted molar refractivity (Wildman–Crippen MR) is 99.1 cm³/mol. The number of amides is 2. The minimum Gasteiger partial charge on any atom is -0.497 e. The summed E-state index contributed by atoms with van der Waals surface area (Å²) in [6, 6.07) is 6.47. The van der Waals surface area contributed by atoms with Gasteiger partial charge in [0.1, 0.15) is 5.75 Å². The Morgan fingerprint density at radius 1 is 1.04 bits per heavy atom. The molecule has 8 nitrogen and oxygen atoms in total. The lowest BCUT2D eigenvalue weighted by Gasteiger charge is -2.19. The van der Waals surface area contributed by atoms with Crippen LogP contribution < -0.4 is 20.3 Å². The molecular formula is C17H27N3O5S. The lowest BCUT2D eigenvalue weighted by molar-refractivity contribution is -0.121. The number of carbonyl (C=O) groups excluding carboxylic acids is 2. The van der Waals surface area contributed by atoms with Crippen molar-refractivity contribution in [2.24, 2.45) is 0 Å². The molecule has 9 heteroatoms. The van der Waals surface area contributed by atoms with Crippen LogP contribution in [0.5, 0.6) is 5.75 Å². The summed E-state index contributed by atoms with van der Waals surface area (Å²) < 4.78 is 30.4. The number of unbranched alkanes of at least 4 members (excludes halogenated alkanes) is 1. The van der Waals surface area contributed by atoms with Crippen molar-refractivity contribution in [3.8, 4) is 5.75 Å². The summed E-state index contributed by atoms with van der Waals surface area (Å²) in [5.41, 5.74) is 5.05. The third-order valence-electron chi connectivity index (χ3n) is 3.60. The van der Waals surface area contributed by atoms with E-state index in [9.17, 15) is 18.0 Å². The van der Waals surface area contributed by atoms with E-state index in [1.165, 1.54) is 7.11 Å². The second-order valence-electron chi connectivity index (χ2n) is 6.70. The number of hydrazine groups is 1. The Balaban J connectivity index is 2.25. The first kappa shape index (κ1) is 21.9. The number of nitrogens with one attached hydrogen (secondary N) is 3. The van der Waals surface area contributed by atoms with Crippen LogP contribution in [0.4, 0.5) is 0 Å². The lowest BCUT2D eigenvalue weighted by Crippen LogP contribution is -2.41. The lowest BCUT2D eigenvalue weighted by atomic mass is 10.2. The molecule has 0 unspecified atom stereocenters. The molecule has 0 bridgehead atoms. The maximum absolute atomic E-state index is 11.9. The van der Waals surface area contributed by atoms with Gasteiger partial charge in [0.15, 0.2) is 0 Å². The highest BCUT2D eigenvalue weighted by molar-refractivity contribution is 7.90. The van der Waals surface area contributed by atoms with E-state index in [2.05, 4.69) is 15.6 Å². The van der Waals surface area contributed by atoms with E-state index in [1.54, 1.807) is 45.0 Å². The van der Waals surface area contributed by atoms with Crippen molar-refractivity contribution in [2.75, 3.05) is 13.7 Å². The molecule has 26 heavy (non-hydrogen) atoms. The first-order valence-corrected chi connectivity index (χ1v) is 9.77. The smallest absolute Gasteiger partial charge is 0.269 e. The molecule has 3 N–H and O–H groups in total. The fourth-order valence-electron chi connectivity index (χ4n) is 1.84. The van der Waals surface area contributed by atoms with E-state index in [4.69, 9.17) is 4.74 Å². The number of ether oxygens (including phenoxy) is 1. The van der Waals surface area contributed by atoms with E-state index in [0.29, 0.717) is 24.2 Å². The van der Waals surface area contributed by atoms with Crippen molar-refractivity contribution in [2.45, 2.75) is 44.8 Å². The topological polar surface area (TPSA) is 114 Å². The van der Waals surface area contributed by atoms with Crippen LogP contribution in [-0.4, -0.2) is 38.6 Å². The van der Waals surface area contributed by atoms with Gasteiger partial charge < -0.3 is 4.74 Å². The second-order valence-corrected chi connectivity index (χ2v) is 9.22. The normalized spacial score (nSPS) is 11.7. The largest absolute Gasteiger partial charge is 0.497 e. The molecule has 1 aromatic rings. The van der Waals surface area contributed by atoms with Crippen LogP contribution in [0.25, 0.3) is 0 Å². The zero-order chi connectivity index (χ0) is 19.8. The Bertz CT molecular complexity index is 709. The minimum atomic E-state index is -3.37. The van der Waals surface area contributed by atoms with Crippen LogP contribution in [-0.2, 0) is 14.8 Å². The Morgan fingerprint density at radius 2 is 1.65 bits per heavy atom. The number of hydrogen-bond acceptors (Lipinski definition) is 5. The van der Waals surface area contributed by atoms with Gasteiger partial charge in [0.2, 0.25) is 15.9 Å². The summed E-state index contributed by atoms with van der Waals surface area (Å²) in [5, 5.41) is 0. The number of sulfonamides is 1. The number of hydrogen-bond donors (Lipinski definition) is 3. The summed E-state index contributed by atoms with van der Waals surface area (Å²) >= 11 is 0. The van der Waals surface area contributed by atoms with Gasteiger partial charge in [-0.3, -0.25) is 20.4 Å². The Labute approximate surface area is 154 Å². The summed E-state index contributed by atoms with van der Waals surface area (Å²) in [6.45, 7) is 5.13. The van der Waals surface area contributed by atoms with Gasteiger partial charge >= 0.3 is 0 Å². The highest BCUT2D eigenvalue weighted by Crippen LogP contribution is 2.13. The Hall–Kier alpha value is -2.13. The molecule has 0 aliphatic rings. The van der Waals surface area contributed by atoms with Crippen molar-refractivity contribution < 1.29 is 22.7 Å². The minimum absolute atomic E-state index is 0.181. The molecule has 0 atom stereocenters. The fraction of sp³-hybridized carbons (Fsp3) is 0.529. The van der Waals surface area contributed by atoms with E-state index in [0.717, 1.165) is 0 Å². The van der Waals surface area contributed by atoms with Crippen LogP contribution in [0, 0.1) is 0 Å². The highest BCUT2D eigenvalue weighted by Gasteiger charge is 2.27. The summed E-state index contributed by atoms with van der Waals surface area (Å²) in [4.78, 5) is 23.6. The third-order valence-corrected chi connectivity index (χ3v) is 5.79. The first-order chi connectivity index (χ1) is 12.1. The SMILES string of the molecule is COc1ccc(C(=O)NNC(=O)CCCCNS(=O)(=O)C(C)(C)C)cc1. The van der Waals surface area contributed by atoms with Gasteiger partial charge in [-0.1, -0.05) is 0 Å². The first-order valence-electron chi connectivity index (χ1n) is 8.29. The Morgan fingerprint density at radius 3 is 2.19 bits per heavy atom. The number of rotatable bonds is 8. The molecule has 0 radical (unpaired) electrons. The number of carbonyl (C=O) groups is 2. The predicted octanol–water partition coefficient (Wildman–Crippen LogP) is 1.34. The Kier molecular flexibility index (Phi) is 8.04. The van der Waals surface area contributed by atoms with E-state index < -0.39 is 20.7 Å². The molecule has 0 aliphatic heterocycles. The van der Waals surface area contributed by atoms with Crippen molar-refractivity contribution in [1.82, 2.24) is 15.6 Å². The molecule has 146 valence electrons. The molecule has 0 fully saturated rings. The van der Waals surface area contributed by atoms with E-state index >= 15 is 0 Å². The third kappa shape index (κ3) is 7.01. The second kappa shape index (κ2) is 9.54. The monoisotopic (exact) mass is 385 g/mol. The average Bonchev–Trinajstić information content (AvgIpc) is 2.58. The van der Waals surface area contributed by atoms with Gasteiger partial charge in [-0.25, -0.2) is 13.1 Å².